The van der Waals surface area contributed by atoms with Crippen LogP contribution in [0.15, 0.2) is 23.1 Å². The third-order valence-corrected chi connectivity index (χ3v) is 5.58. The third-order valence-electron chi connectivity index (χ3n) is 3.23. The summed E-state index contributed by atoms with van der Waals surface area (Å²) >= 11 is 3.27. The minimum absolute atomic E-state index is 0.233. The van der Waals surface area contributed by atoms with E-state index in [1.807, 2.05) is 12.1 Å². The van der Waals surface area contributed by atoms with E-state index in [1.54, 1.807) is 6.07 Å². The molecule has 0 N–H and O–H groups in total. The molecule has 0 spiro atoms. The monoisotopic (exact) mass is 316 g/mol. The van der Waals surface area contributed by atoms with Gasteiger partial charge in [-0.25, -0.2) is 8.42 Å². The predicted molar refractivity (Wildman–Crippen MR) is 73.5 cm³/mol. The summed E-state index contributed by atoms with van der Waals surface area (Å²) in [5, 5.41) is 0.733. The van der Waals surface area contributed by atoms with Crippen LogP contribution < -0.4 is 0 Å². The molecule has 0 aromatic heterocycles. The van der Waals surface area contributed by atoms with Gasteiger partial charge < -0.3 is 0 Å². The van der Waals surface area contributed by atoms with E-state index in [-0.39, 0.29) is 5.75 Å². The Morgan fingerprint density at radius 2 is 1.82 bits per heavy atom. The van der Waals surface area contributed by atoms with Crippen molar-refractivity contribution in [2.45, 2.75) is 37.0 Å². The van der Waals surface area contributed by atoms with Crippen LogP contribution in [0.2, 0.25) is 0 Å². The molecule has 4 heteroatoms. The number of hydrogen-bond donors (Lipinski definition) is 0. The average molecular weight is 317 g/mol. The summed E-state index contributed by atoms with van der Waals surface area (Å²) in [6, 6.07) is 5.65. The van der Waals surface area contributed by atoms with Gasteiger partial charge in [0.15, 0.2) is 9.84 Å². The fraction of sp³-hybridized carbons (Fsp3) is 0.538. The van der Waals surface area contributed by atoms with Crippen LogP contribution in [0.3, 0.4) is 0 Å². The summed E-state index contributed by atoms with van der Waals surface area (Å²) < 4.78 is 24.1. The van der Waals surface area contributed by atoms with Crippen molar-refractivity contribution in [3.63, 3.8) is 0 Å². The van der Waals surface area contributed by atoms with Crippen molar-refractivity contribution in [2.75, 3.05) is 11.1 Å². The summed E-state index contributed by atoms with van der Waals surface area (Å²) in [5.74, 6) is 0.233. The highest BCUT2D eigenvalue weighted by atomic mass is 79.9. The quantitative estimate of drug-likeness (QED) is 0.800. The van der Waals surface area contributed by atoms with Crippen LogP contribution in [0.1, 0.15) is 30.4 Å². The molecule has 0 amide bonds. The molecular weight excluding hydrogens is 300 g/mol. The number of aryl methyl sites for hydroxylation is 2. The van der Waals surface area contributed by atoms with Gasteiger partial charge in [-0.3, -0.25) is 0 Å². The molecule has 0 radical (unpaired) electrons. The van der Waals surface area contributed by atoms with Crippen LogP contribution in [-0.2, 0) is 22.7 Å². The van der Waals surface area contributed by atoms with E-state index < -0.39 is 9.84 Å². The number of benzene rings is 1. The summed E-state index contributed by atoms with van der Waals surface area (Å²) in [5.41, 5.74) is 2.56. The van der Waals surface area contributed by atoms with Crippen molar-refractivity contribution >= 4 is 25.8 Å². The maximum Gasteiger partial charge on any atom is 0.178 e. The third kappa shape index (κ3) is 3.10. The maximum atomic E-state index is 12.1. The van der Waals surface area contributed by atoms with Gasteiger partial charge in [-0.2, -0.15) is 0 Å². The Morgan fingerprint density at radius 1 is 1.12 bits per heavy atom. The molecule has 1 aromatic carbocycles. The van der Waals surface area contributed by atoms with Crippen LogP contribution in [0.25, 0.3) is 0 Å². The van der Waals surface area contributed by atoms with E-state index in [0.717, 1.165) is 18.2 Å². The highest BCUT2D eigenvalue weighted by Gasteiger charge is 2.17. The zero-order valence-corrected chi connectivity index (χ0v) is 12.2. The summed E-state index contributed by atoms with van der Waals surface area (Å²) in [6.07, 6.45) is 5.19. The van der Waals surface area contributed by atoms with Crippen LogP contribution >= 0.6 is 15.9 Å². The summed E-state index contributed by atoms with van der Waals surface area (Å²) in [7, 11) is -3.09. The minimum atomic E-state index is -3.09. The van der Waals surface area contributed by atoms with E-state index in [0.29, 0.717) is 11.3 Å². The molecule has 94 valence electrons. The normalized spacial score (nSPS) is 15.6. The molecule has 0 unspecified atom stereocenters. The summed E-state index contributed by atoms with van der Waals surface area (Å²) in [6.45, 7) is 0. The van der Waals surface area contributed by atoms with Gasteiger partial charge in [-0.15, -0.1) is 0 Å². The lowest BCUT2D eigenvalue weighted by molar-refractivity contribution is 0.594. The molecule has 0 heterocycles. The number of fused-ring (bicyclic) bond motifs is 1. The van der Waals surface area contributed by atoms with E-state index in [4.69, 9.17) is 0 Å². The van der Waals surface area contributed by atoms with Crippen molar-refractivity contribution in [1.82, 2.24) is 0 Å². The topological polar surface area (TPSA) is 34.1 Å². The fourth-order valence-electron chi connectivity index (χ4n) is 2.27. The molecule has 0 saturated carbocycles. The fourth-order valence-corrected chi connectivity index (χ4v) is 4.27. The Labute approximate surface area is 111 Å². The van der Waals surface area contributed by atoms with Gasteiger partial charge in [0, 0.05) is 5.33 Å². The number of alkyl halides is 1. The Bertz CT molecular complexity index is 494. The Hall–Kier alpha value is -0.350. The first-order chi connectivity index (χ1) is 8.13. The second kappa shape index (κ2) is 5.53. The second-order valence-electron chi connectivity index (χ2n) is 4.50. The Morgan fingerprint density at radius 3 is 2.53 bits per heavy atom. The van der Waals surface area contributed by atoms with Gasteiger partial charge in [0.25, 0.3) is 0 Å². The van der Waals surface area contributed by atoms with E-state index in [2.05, 4.69) is 15.9 Å². The molecule has 0 aliphatic heterocycles. The lowest BCUT2D eigenvalue weighted by Gasteiger charge is -2.16. The smallest absolute Gasteiger partial charge is 0.178 e. The van der Waals surface area contributed by atoms with Gasteiger partial charge in [-0.1, -0.05) is 22.0 Å². The number of sulfone groups is 1. The van der Waals surface area contributed by atoms with Crippen molar-refractivity contribution in [1.29, 1.82) is 0 Å². The largest absolute Gasteiger partial charge is 0.224 e. The standard InChI is InChI=1S/C13H17BrO2S/c14-8-3-9-17(15,16)13-7-6-11-4-1-2-5-12(11)10-13/h6-7,10H,1-5,8-9H2. The molecule has 0 saturated heterocycles. The first-order valence-corrected chi connectivity index (χ1v) is 8.81. The van der Waals surface area contributed by atoms with E-state index in [1.165, 1.54) is 24.0 Å². The van der Waals surface area contributed by atoms with E-state index >= 15 is 0 Å². The minimum Gasteiger partial charge on any atom is -0.224 e. The van der Waals surface area contributed by atoms with Gasteiger partial charge in [0.05, 0.1) is 10.6 Å². The molecule has 2 rings (SSSR count). The van der Waals surface area contributed by atoms with Crippen molar-refractivity contribution < 1.29 is 8.42 Å². The Balaban J connectivity index is 2.27. The van der Waals surface area contributed by atoms with Crippen LogP contribution in [0, 0.1) is 0 Å². The van der Waals surface area contributed by atoms with Crippen molar-refractivity contribution in [3.05, 3.63) is 29.3 Å². The van der Waals surface area contributed by atoms with E-state index in [9.17, 15) is 8.42 Å². The molecule has 1 aliphatic carbocycles. The second-order valence-corrected chi connectivity index (χ2v) is 7.40. The number of rotatable bonds is 4. The van der Waals surface area contributed by atoms with Gasteiger partial charge >= 0.3 is 0 Å². The van der Waals surface area contributed by atoms with Crippen molar-refractivity contribution in [2.24, 2.45) is 0 Å². The molecule has 17 heavy (non-hydrogen) atoms. The first kappa shape index (κ1) is 13.1. The molecule has 2 nitrogen and oxygen atoms in total. The number of hydrogen-bond acceptors (Lipinski definition) is 2. The van der Waals surface area contributed by atoms with Gasteiger partial charge in [0.2, 0.25) is 0 Å². The molecule has 1 aromatic rings. The SMILES string of the molecule is O=S(=O)(CCCBr)c1ccc2c(c1)CCCC2. The molecule has 1 aliphatic rings. The Kier molecular flexibility index (Phi) is 4.26. The predicted octanol–water partition coefficient (Wildman–Crippen LogP) is 3.12. The van der Waals surface area contributed by atoms with Gasteiger partial charge in [0.1, 0.15) is 0 Å². The summed E-state index contributed by atoms with van der Waals surface area (Å²) in [4.78, 5) is 0.499. The van der Waals surface area contributed by atoms with Crippen LogP contribution in [0.4, 0.5) is 0 Å². The van der Waals surface area contributed by atoms with Gasteiger partial charge in [-0.05, 0) is 55.4 Å². The molecular formula is C13H17BrO2S. The van der Waals surface area contributed by atoms with Crippen LogP contribution in [0.5, 0.6) is 0 Å². The lowest BCUT2D eigenvalue weighted by atomic mass is 9.92. The lowest BCUT2D eigenvalue weighted by Crippen LogP contribution is -2.10. The maximum absolute atomic E-state index is 12.1. The molecule has 0 atom stereocenters. The zero-order chi connectivity index (χ0) is 12.3. The van der Waals surface area contributed by atoms with Crippen molar-refractivity contribution in [3.8, 4) is 0 Å². The highest BCUT2D eigenvalue weighted by Crippen LogP contribution is 2.24. The highest BCUT2D eigenvalue weighted by molar-refractivity contribution is 9.09. The zero-order valence-electron chi connectivity index (χ0n) is 9.78. The average Bonchev–Trinajstić information content (AvgIpc) is 2.36. The van der Waals surface area contributed by atoms with Crippen LogP contribution in [-0.4, -0.2) is 19.5 Å². The molecule has 0 bridgehead atoms. The number of halogens is 1. The first-order valence-electron chi connectivity index (χ1n) is 6.04. The molecule has 0 fully saturated rings.